The number of aromatic nitrogens is 2. The fraction of sp³-hybridized carbons (Fsp3) is 0.471. The summed E-state index contributed by atoms with van der Waals surface area (Å²) < 4.78 is 10.7. The highest BCUT2D eigenvalue weighted by atomic mass is 16.5. The zero-order valence-corrected chi connectivity index (χ0v) is 13.1. The second-order valence-corrected chi connectivity index (χ2v) is 6.22. The van der Waals surface area contributed by atoms with Gasteiger partial charge in [0.25, 0.3) is 0 Å². The number of rotatable bonds is 4. The quantitative estimate of drug-likeness (QED) is 0.867. The lowest BCUT2D eigenvalue weighted by Gasteiger charge is -2.41. The zero-order chi connectivity index (χ0) is 15.8. The smallest absolute Gasteiger partial charge is 0.233 e. The first-order valence-corrected chi connectivity index (χ1v) is 8.02. The Kier molecular flexibility index (Phi) is 3.52. The van der Waals surface area contributed by atoms with Crippen molar-refractivity contribution in [3.63, 3.8) is 0 Å². The van der Waals surface area contributed by atoms with E-state index in [1.165, 1.54) is 6.42 Å². The van der Waals surface area contributed by atoms with E-state index in [4.69, 9.17) is 9.26 Å². The molecule has 120 valence electrons. The van der Waals surface area contributed by atoms with Crippen molar-refractivity contribution in [1.82, 2.24) is 15.0 Å². The van der Waals surface area contributed by atoms with Crippen LogP contribution in [0.15, 0.2) is 28.8 Å². The number of carbonyl (C=O) groups is 1. The van der Waals surface area contributed by atoms with Gasteiger partial charge in [0.15, 0.2) is 0 Å². The van der Waals surface area contributed by atoms with Gasteiger partial charge in [0, 0.05) is 19.0 Å². The molecule has 6 heteroatoms. The standard InChI is InChI=1S/C17H19N3O3/c1-22-14-8-3-2-7-13(14)15-18-16(23-19-15)12-9-20(10-12)17(21)11-5-4-6-11/h2-3,7-8,11-12H,4-6,9-10H2,1H3. The highest BCUT2D eigenvalue weighted by Crippen LogP contribution is 2.34. The minimum atomic E-state index is 0.148. The van der Waals surface area contributed by atoms with Crippen LogP contribution in [0.25, 0.3) is 11.4 Å². The largest absolute Gasteiger partial charge is 0.496 e. The Hall–Kier alpha value is -2.37. The molecule has 2 fully saturated rings. The minimum absolute atomic E-state index is 0.148. The summed E-state index contributed by atoms with van der Waals surface area (Å²) in [4.78, 5) is 18.5. The van der Waals surface area contributed by atoms with Crippen molar-refractivity contribution in [1.29, 1.82) is 0 Å². The number of hydrogen-bond acceptors (Lipinski definition) is 5. The van der Waals surface area contributed by atoms with Crippen LogP contribution < -0.4 is 4.74 Å². The van der Waals surface area contributed by atoms with Crippen LogP contribution in [0.2, 0.25) is 0 Å². The van der Waals surface area contributed by atoms with Crippen LogP contribution in [0.4, 0.5) is 0 Å². The van der Waals surface area contributed by atoms with E-state index in [1.807, 2.05) is 29.2 Å². The summed E-state index contributed by atoms with van der Waals surface area (Å²) in [5, 5.41) is 4.06. The molecule has 1 aliphatic carbocycles. The minimum Gasteiger partial charge on any atom is -0.496 e. The zero-order valence-electron chi connectivity index (χ0n) is 13.1. The maximum absolute atomic E-state index is 12.1. The SMILES string of the molecule is COc1ccccc1-c1noc(C2CN(C(=O)C3CCC3)C2)n1. The highest BCUT2D eigenvalue weighted by Gasteiger charge is 2.39. The number of hydrogen-bond donors (Lipinski definition) is 0. The van der Waals surface area contributed by atoms with Gasteiger partial charge in [0.05, 0.1) is 18.6 Å². The number of nitrogens with zero attached hydrogens (tertiary/aromatic N) is 3. The predicted octanol–water partition coefficient (Wildman–Crippen LogP) is 2.47. The molecule has 0 atom stereocenters. The molecule has 1 aromatic heterocycles. The second kappa shape index (κ2) is 5.68. The monoisotopic (exact) mass is 313 g/mol. The molecule has 0 spiro atoms. The average Bonchev–Trinajstić information content (AvgIpc) is 2.93. The number of para-hydroxylation sites is 1. The molecular formula is C17H19N3O3. The molecule has 1 saturated carbocycles. The van der Waals surface area contributed by atoms with Gasteiger partial charge in [0.2, 0.25) is 17.6 Å². The van der Waals surface area contributed by atoms with Gasteiger partial charge >= 0.3 is 0 Å². The third-order valence-electron chi connectivity index (χ3n) is 4.79. The third-order valence-corrected chi connectivity index (χ3v) is 4.79. The van der Waals surface area contributed by atoms with Crippen molar-refractivity contribution >= 4 is 5.91 Å². The number of likely N-dealkylation sites (tertiary alicyclic amines) is 1. The highest BCUT2D eigenvalue weighted by molar-refractivity contribution is 5.80. The molecule has 1 amide bonds. The van der Waals surface area contributed by atoms with Crippen molar-refractivity contribution < 1.29 is 14.1 Å². The van der Waals surface area contributed by atoms with Crippen molar-refractivity contribution in [2.24, 2.45) is 5.92 Å². The van der Waals surface area contributed by atoms with E-state index >= 15 is 0 Å². The second-order valence-electron chi connectivity index (χ2n) is 6.22. The van der Waals surface area contributed by atoms with E-state index in [0.717, 1.165) is 24.2 Å². The van der Waals surface area contributed by atoms with E-state index in [-0.39, 0.29) is 17.7 Å². The molecule has 2 aliphatic rings. The van der Waals surface area contributed by atoms with Gasteiger partial charge < -0.3 is 14.2 Å². The van der Waals surface area contributed by atoms with Crippen molar-refractivity contribution in [3.8, 4) is 17.1 Å². The molecule has 6 nitrogen and oxygen atoms in total. The van der Waals surface area contributed by atoms with Crippen LogP contribution in [-0.2, 0) is 4.79 Å². The molecule has 0 unspecified atom stereocenters. The fourth-order valence-corrected chi connectivity index (χ4v) is 3.07. The number of amides is 1. The van der Waals surface area contributed by atoms with Gasteiger partial charge in [-0.1, -0.05) is 23.7 Å². The molecule has 1 aliphatic heterocycles. The van der Waals surface area contributed by atoms with Crippen LogP contribution in [-0.4, -0.2) is 41.1 Å². The van der Waals surface area contributed by atoms with Gasteiger partial charge in [-0.3, -0.25) is 4.79 Å². The number of carbonyl (C=O) groups excluding carboxylic acids is 1. The van der Waals surface area contributed by atoms with Crippen molar-refractivity contribution in [2.45, 2.75) is 25.2 Å². The van der Waals surface area contributed by atoms with Gasteiger partial charge in [-0.05, 0) is 25.0 Å². The Balaban J connectivity index is 1.44. The molecule has 1 aromatic carbocycles. The Morgan fingerprint density at radius 2 is 2.09 bits per heavy atom. The lowest BCUT2D eigenvalue weighted by Crippen LogP contribution is -2.51. The Morgan fingerprint density at radius 1 is 1.30 bits per heavy atom. The Morgan fingerprint density at radius 3 is 2.78 bits per heavy atom. The molecule has 0 bridgehead atoms. The Labute approximate surface area is 134 Å². The summed E-state index contributed by atoms with van der Waals surface area (Å²) in [5.74, 6) is 2.54. The lowest BCUT2D eigenvalue weighted by atomic mass is 9.83. The van der Waals surface area contributed by atoms with Crippen LogP contribution >= 0.6 is 0 Å². The summed E-state index contributed by atoms with van der Waals surface area (Å²) >= 11 is 0. The normalized spacial score (nSPS) is 18.4. The summed E-state index contributed by atoms with van der Waals surface area (Å²) in [7, 11) is 1.62. The predicted molar refractivity (Wildman–Crippen MR) is 82.9 cm³/mol. The van der Waals surface area contributed by atoms with E-state index in [2.05, 4.69) is 10.1 Å². The van der Waals surface area contributed by atoms with Crippen LogP contribution in [0.1, 0.15) is 31.1 Å². The van der Waals surface area contributed by atoms with Crippen molar-refractivity contribution in [3.05, 3.63) is 30.2 Å². The first-order chi connectivity index (χ1) is 11.3. The summed E-state index contributed by atoms with van der Waals surface area (Å²) in [6, 6.07) is 7.59. The van der Waals surface area contributed by atoms with Gasteiger partial charge in [-0.15, -0.1) is 0 Å². The third kappa shape index (κ3) is 2.48. The molecule has 23 heavy (non-hydrogen) atoms. The van der Waals surface area contributed by atoms with Gasteiger partial charge in [0.1, 0.15) is 5.75 Å². The summed E-state index contributed by atoms with van der Waals surface area (Å²) in [6.45, 7) is 1.37. The van der Waals surface area contributed by atoms with Crippen LogP contribution in [0.3, 0.4) is 0 Å². The molecule has 1 saturated heterocycles. The van der Waals surface area contributed by atoms with E-state index in [1.54, 1.807) is 7.11 Å². The molecule has 0 radical (unpaired) electrons. The van der Waals surface area contributed by atoms with E-state index in [9.17, 15) is 4.79 Å². The molecular weight excluding hydrogens is 294 g/mol. The van der Waals surface area contributed by atoms with Crippen LogP contribution in [0, 0.1) is 5.92 Å². The lowest BCUT2D eigenvalue weighted by molar-refractivity contribution is -0.143. The maximum atomic E-state index is 12.1. The number of methoxy groups -OCH3 is 1. The van der Waals surface area contributed by atoms with Gasteiger partial charge in [-0.25, -0.2) is 0 Å². The van der Waals surface area contributed by atoms with E-state index in [0.29, 0.717) is 24.8 Å². The topological polar surface area (TPSA) is 68.5 Å². The van der Waals surface area contributed by atoms with Crippen molar-refractivity contribution in [2.75, 3.05) is 20.2 Å². The number of ether oxygens (including phenoxy) is 1. The Bertz CT molecular complexity index is 717. The van der Waals surface area contributed by atoms with Gasteiger partial charge in [-0.2, -0.15) is 4.98 Å². The number of benzene rings is 1. The van der Waals surface area contributed by atoms with E-state index < -0.39 is 0 Å². The molecule has 4 rings (SSSR count). The fourth-order valence-electron chi connectivity index (χ4n) is 3.07. The summed E-state index contributed by atoms with van der Waals surface area (Å²) in [5.41, 5.74) is 0.812. The maximum Gasteiger partial charge on any atom is 0.233 e. The first kappa shape index (κ1) is 14.2. The molecule has 2 aromatic rings. The molecule has 0 N–H and O–H groups in total. The first-order valence-electron chi connectivity index (χ1n) is 8.02. The summed E-state index contributed by atoms with van der Waals surface area (Å²) in [6.07, 6.45) is 3.26. The molecule has 2 heterocycles. The van der Waals surface area contributed by atoms with Crippen LogP contribution in [0.5, 0.6) is 5.75 Å². The average molecular weight is 313 g/mol.